The van der Waals surface area contributed by atoms with Crippen LogP contribution in [0.3, 0.4) is 0 Å². The van der Waals surface area contributed by atoms with Crippen molar-refractivity contribution in [2.75, 3.05) is 29.5 Å². The highest BCUT2D eigenvalue weighted by Gasteiger charge is 2.25. The third-order valence-corrected chi connectivity index (χ3v) is 7.68. The van der Waals surface area contributed by atoms with E-state index in [9.17, 15) is 9.59 Å². The number of anilines is 3. The van der Waals surface area contributed by atoms with E-state index in [-0.39, 0.29) is 23.2 Å². The quantitative estimate of drug-likeness (QED) is 0.257. The van der Waals surface area contributed by atoms with Crippen LogP contribution in [0.4, 0.5) is 22.1 Å². The first kappa shape index (κ1) is 28.9. The third-order valence-electron chi connectivity index (χ3n) is 7.68. The smallest absolute Gasteiger partial charge is 0.324 e. The van der Waals surface area contributed by atoms with Crippen LogP contribution in [-0.2, 0) is 11.8 Å². The summed E-state index contributed by atoms with van der Waals surface area (Å²) in [5.74, 6) is 1.26. The minimum atomic E-state index is -0.331. The number of pyridine rings is 1. The summed E-state index contributed by atoms with van der Waals surface area (Å²) in [6.07, 6.45) is 4.28. The van der Waals surface area contributed by atoms with Gasteiger partial charge in [-0.25, -0.2) is 14.5 Å². The second-order valence-corrected chi connectivity index (χ2v) is 12.1. The molecule has 0 saturated carbocycles. The number of rotatable bonds is 6. The number of carbonyl (C=O) groups is 2. The maximum atomic E-state index is 13.1. The van der Waals surface area contributed by atoms with Crippen LogP contribution in [0.15, 0.2) is 72.9 Å². The molecule has 0 bridgehead atoms. The molecule has 42 heavy (non-hydrogen) atoms. The first-order valence-electron chi connectivity index (χ1n) is 14.4. The Kier molecular flexibility index (Phi) is 8.29. The standard InChI is InChI=1S/C33H39N7O2/c1-22-10-12-26(13-11-22)40-29(21-28(38-40)33(2,3)4)37-32(42)36-25-8-5-7-24(20-25)19-23-14-17-39(18-15-23)31(41)27-9-6-16-35-30(27)34/h5-13,16,20-21,23H,14-15,17-19H2,1-4H3,(H2,34,35)(H2,36,37,42). The zero-order chi connectivity index (χ0) is 29.9. The van der Waals surface area contributed by atoms with Crippen molar-refractivity contribution in [2.24, 2.45) is 5.92 Å². The molecule has 0 spiro atoms. The predicted octanol–water partition coefficient (Wildman–Crippen LogP) is 6.19. The zero-order valence-corrected chi connectivity index (χ0v) is 24.7. The lowest BCUT2D eigenvalue weighted by Gasteiger charge is -2.32. The van der Waals surface area contributed by atoms with E-state index in [4.69, 9.17) is 10.8 Å². The first-order valence-corrected chi connectivity index (χ1v) is 14.4. The molecule has 5 rings (SSSR count). The number of hydrogen-bond acceptors (Lipinski definition) is 5. The van der Waals surface area contributed by atoms with Crippen LogP contribution in [0.5, 0.6) is 0 Å². The number of piperidine rings is 1. The molecule has 1 aliphatic rings. The van der Waals surface area contributed by atoms with Crippen molar-refractivity contribution < 1.29 is 9.59 Å². The van der Waals surface area contributed by atoms with Crippen LogP contribution < -0.4 is 16.4 Å². The number of nitrogen functional groups attached to an aromatic ring is 1. The van der Waals surface area contributed by atoms with Crippen LogP contribution in [0.2, 0.25) is 0 Å². The molecule has 0 aliphatic carbocycles. The van der Waals surface area contributed by atoms with E-state index in [0.717, 1.165) is 47.5 Å². The summed E-state index contributed by atoms with van der Waals surface area (Å²) in [5.41, 5.74) is 11.0. The van der Waals surface area contributed by atoms with Crippen LogP contribution in [0, 0.1) is 12.8 Å². The SMILES string of the molecule is Cc1ccc(-n2nc(C(C)(C)C)cc2NC(=O)Nc2cccc(CC3CCN(C(=O)c4cccnc4N)CC3)c2)cc1. The molecule has 0 atom stereocenters. The van der Waals surface area contributed by atoms with Crippen molar-refractivity contribution in [3.63, 3.8) is 0 Å². The molecule has 4 aromatic rings. The number of urea groups is 1. The molecule has 3 heterocycles. The summed E-state index contributed by atoms with van der Waals surface area (Å²) in [4.78, 5) is 31.9. The molecule has 1 saturated heterocycles. The van der Waals surface area contributed by atoms with Gasteiger partial charge in [0.15, 0.2) is 0 Å². The molecule has 1 fully saturated rings. The Labute approximate surface area is 247 Å². The molecule has 0 unspecified atom stereocenters. The molecule has 9 nitrogen and oxygen atoms in total. The minimum Gasteiger partial charge on any atom is -0.383 e. The first-order chi connectivity index (χ1) is 20.1. The molecule has 4 N–H and O–H groups in total. The van der Waals surface area contributed by atoms with E-state index in [1.165, 1.54) is 0 Å². The summed E-state index contributed by atoms with van der Waals surface area (Å²) in [6, 6.07) is 21.1. The van der Waals surface area contributed by atoms with Gasteiger partial charge in [0.25, 0.3) is 5.91 Å². The van der Waals surface area contributed by atoms with Crippen LogP contribution >= 0.6 is 0 Å². The van der Waals surface area contributed by atoms with Crippen LogP contribution in [0.25, 0.3) is 5.69 Å². The molecular formula is C33H39N7O2. The average Bonchev–Trinajstić information content (AvgIpc) is 3.38. The lowest BCUT2D eigenvalue weighted by Crippen LogP contribution is -2.39. The second-order valence-electron chi connectivity index (χ2n) is 12.1. The van der Waals surface area contributed by atoms with Gasteiger partial charge < -0.3 is 16.0 Å². The van der Waals surface area contributed by atoms with Crippen molar-refractivity contribution in [2.45, 2.75) is 52.4 Å². The summed E-state index contributed by atoms with van der Waals surface area (Å²) < 4.78 is 1.77. The van der Waals surface area contributed by atoms with E-state index in [0.29, 0.717) is 30.4 Å². The molecule has 218 valence electrons. The Morgan fingerprint density at radius 3 is 2.40 bits per heavy atom. The van der Waals surface area contributed by atoms with E-state index < -0.39 is 0 Å². The number of benzene rings is 2. The van der Waals surface area contributed by atoms with E-state index >= 15 is 0 Å². The van der Waals surface area contributed by atoms with Gasteiger partial charge in [0, 0.05) is 36.5 Å². The van der Waals surface area contributed by atoms with E-state index in [1.54, 1.807) is 23.0 Å². The Hall–Kier alpha value is -4.66. The highest BCUT2D eigenvalue weighted by atomic mass is 16.2. The van der Waals surface area contributed by atoms with Crippen LogP contribution in [0.1, 0.15) is 60.8 Å². The number of nitrogens with one attached hydrogen (secondary N) is 2. The number of aryl methyl sites for hydroxylation is 1. The van der Waals surface area contributed by atoms with Gasteiger partial charge in [-0.1, -0.05) is 50.6 Å². The third kappa shape index (κ3) is 6.79. The second kappa shape index (κ2) is 12.1. The molecule has 9 heteroatoms. The largest absolute Gasteiger partial charge is 0.383 e. The fourth-order valence-corrected chi connectivity index (χ4v) is 5.22. The molecule has 2 aromatic heterocycles. The number of hydrogen-bond donors (Lipinski definition) is 3. The van der Waals surface area contributed by atoms with Gasteiger partial charge >= 0.3 is 6.03 Å². The number of likely N-dealkylation sites (tertiary alicyclic amines) is 1. The summed E-state index contributed by atoms with van der Waals surface area (Å²) in [6.45, 7) is 9.71. The Morgan fingerprint density at radius 1 is 0.976 bits per heavy atom. The van der Waals surface area contributed by atoms with E-state index in [2.05, 4.69) is 42.5 Å². The number of carbonyl (C=O) groups excluding carboxylic acids is 2. The highest BCUT2D eigenvalue weighted by molar-refractivity contribution is 5.99. The fourth-order valence-electron chi connectivity index (χ4n) is 5.22. The van der Waals surface area contributed by atoms with Gasteiger partial charge in [0.2, 0.25) is 0 Å². The molecule has 1 aliphatic heterocycles. The maximum absolute atomic E-state index is 13.1. The Bertz CT molecular complexity index is 1560. The van der Waals surface area contributed by atoms with Gasteiger partial charge in [0.1, 0.15) is 11.6 Å². The zero-order valence-electron chi connectivity index (χ0n) is 24.7. The summed E-state index contributed by atoms with van der Waals surface area (Å²) in [7, 11) is 0. The van der Waals surface area contributed by atoms with Gasteiger partial charge in [-0.2, -0.15) is 5.10 Å². The van der Waals surface area contributed by atoms with Crippen molar-refractivity contribution >= 4 is 29.3 Å². The van der Waals surface area contributed by atoms with E-state index in [1.807, 2.05) is 60.4 Å². The molecule has 0 radical (unpaired) electrons. The molecular weight excluding hydrogens is 526 g/mol. The average molecular weight is 566 g/mol. The summed E-state index contributed by atoms with van der Waals surface area (Å²) >= 11 is 0. The normalized spacial score (nSPS) is 14.0. The molecule has 2 aromatic carbocycles. The predicted molar refractivity (Wildman–Crippen MR) is 167 cm³/mol. The number of nitrogens with two attached hydrogens (primary N) is 1. The van der Waals surface area contributed by atoms with Gasteiger partial charge in [0.05, 0.1) is 16.9 Å². The number of amides is 3. The van der Waals surface area contributed by atoms with Gasteiger partial charge in [-0.05, 0) is 74.1 Å². The topological polar surface area (TPSA) is 118 Å². The number of aromatic nitrogens is 3. The minimum absolute atomic E-state index is 0.0606. The monoisotopic (exact) mass is 565 g/mol. The van der Waals surface area contributed by atoms with Crippen LogP contribution in [-0.4, -0.2) is 44.7 Å². The van der Waals surface area contributed by atoms with Gasteiger partial charge in [-0.15, -0.1) is 0 Å². The number of nitrogens with zero attached hydrogens (tertiary/aromatic N) is 4. The van der Waals surface area contributed by atoms with Gasteiger partial charge in [-0.3, -0.25) is 10.1 Å². The maximum Gasteiger partial charge on any atom is 0.324 e. The van der Waals surface area contributed by atoms with Crippen molar-refractivity contribution in [1.29, 1.82) is 0 Å². The Balaban J connectivity index is 1.20. The van der Waals surface area contributed by atoms with Crippen molar-refractivity contribution in [1.82, 2.24) is 19.7 Å². The summed E-state index contributed by atoms with van der Waals surface area (Å²) in [5, 5.41) is 10.8. The molecule has 3 amide bonds. The lowest BCUT2D eigenvalue weighted by molar-refractivity contribution is 0.0691. The highest BCUT2D eigenvalue weighted by Crippen LogP contribution is 2.28. The fraction of sp³-hybridized carbons (Fsp3) is 0.333. The Morgan fingerprint density at radius 2 is 1.71 bits per heavy atom. The lowest BCUT2D eigenvalue weighted by atomic mass is 9.90. The van der Waals surface area contributed by atoms with Crippen molar-refractivity contribution in [3.05, 3.63) is 95.3 Å². The van der Waals surface area contributed by atoms with Crippen molar-refractivity contribution in [3.8, 4) is 5.69 Å².